The number of pyridine rings is 1. The Hall–Kier alpha value is -1.28. The molecule has 7 heteroatoms. The Bertz CT molecular complexity index is 667. The topological polar surface area (TPSA) is 71.1 Å². The number of nitrogens with one attached hydrogen (secondary N) is 2. The largest absolute Gasteiger partial charge is 0.310 e. The van der Waals surface area contributed by atoms with Crippen molar-refractivity contribution in [2.45, 2.75) is 37.2 Å². The first kappa shape index (κ1) is 16.1. The molecule has 0 spiro atoms. The Balaban J connectivity index is 1.99. The zero-order valence-corrected chi connectivity index (χ0v) is 13.7. The van der Waals surface area contributed by atoms with Crippen molar-refractivity contribution in [2.24, 2.45) is 0 Å². The van der Waals surface area contributed by atoms with Gasteiger partial charge in [0.05, 0.1) is 0 Å². The summed E-state index contributed by atoms with van der Waals surface area (Å²) in [5.41, 5.74) is 1.81. The highest BCUT2D eigenvalue weighted by Gasteiger charge is 2.16. The first-order chi connectivity index (χ1) is 9.97. The number of thiophene rings is 1. The summed E-state index contributed by atoms with van der Waals surface area (Å²) in [6.07, 6.45) is 3.31. The lowest BCUT2D eigenvalue weighted by molar-refractivity contribution is 0.582. The van der Waals surface area contributed by atoms with Crippen LogP contribution >= 0.6 is 11.3 Å². The zero-order valence-electron chi connectivity index (χ0n) is 12.0. The van der Waals surface area contributed by atoms with Gasteiger partial charge in [-0.25, -0.2) is 13.1 Å². The Morgan fingerprint density at radius 1 is 1.29 bits per heavy atom. The van der Waals surface area contributed by atoms with E-state index in [0.29, 0.717) is 16.8 Å². The molecule has 0 saturated heterocycles. The SMILES string of the molecule is CC(C)NCc1csc(S(=O)(=O)NCc2cccnc2)c1. The number of nitrogens with zero attached hydrogens (tertiary/aromatic N) is 1. The van der Waals surface area contributed by atoms with Gasteiger partial charge in [-0.15, -0.1) is 11.3 Å². The molecule has 5 nitrogen and oxygen atoms in total. The van der Waals surface area contributed by atoms with E-state index in [1.807, 2.05) is 11.4 Å². The highest BCUT2D eigenvalue weighted by molar-refractivity contribution is 7.91. The van der Waals surface area contributed by atoms with Crippen molar-refractivity contribution < 1.29 is 8.42 Å². The van der Waals surface area contributed by atoms with Crippen LogP contribution in [0.2, 0.25) is 0 Å². The number of sulfonamides is 1. The molecule has 2 rings (SSSR count). The normalized spacial score (nSPS) is 12.0. The molecule has 0 bridgehead atoms. The van der Waals surface area contributed by atoms with Crippen LogP contribution in [-0.4, -0.2) is 19.4 Å². The van der Waals surface area contributed by atoms with Gasteiger partial charge in [0.25, 0.3) is 0 Å². The quantitative estimate of drug-likeness (QED) is 0.818. The van der Waals surface area contributed by atoms with Gasteiger partial charge < -0.3 is 5.32 Å². The van der Waals surface area contributed by atoms with Crippen molar-refractivity contribution in [2.75, 3.05) is 0 Å². The van der Waals surface area contributed by atoms with Gasteiger partial charge in [-0.1, -0.05) is 19.9 Å². The lowest BCUT2D eigenvalue weighted by Gasteiger charge is -2.06. The van der Waals surface area contributed by atoms with Crippen LogP contribution in [0.25, 0.3) is 0 Å². The maximum atomic E-state index is 12.2. The fourth-order valence-electron chi connectivity index (χ4n) is 1.66. The van der Waals surface area contributed by atoms with Gasteiger partial charge in [-0.05, 0) is 28.6 Å². The van der Waals surface area contributed by atoms with Gasteiger partial charge in [0, 0.05) is 31.5 Å². The number of hydrogen-bond acceptors (Lipinski definition) is 5. The van der Waals surface area contributed by atoms with Crippen molar-refractivity contribution in [3.8, 4) is 0 Å². The molecule has 2 aromatic rings. The Kier molecular flexibility index (Phi) is 5.46. The zero-order chi connectivity index (χ0) is 15.3. The maximum absolute atomic E-state index is 12.2. The molecule has 0 radical (unpaired) electrons. The Labute approximate surface area is 129 Å². The van der Waals surface area contributed by atoms with E-state index < -0.39 is 10.0 Å². The van der Waals surface area contributed by atoms with E-state index in [2.05, 4.69) is 28.9 Å². The molecule has 2 heterocycles. The summed E-state index contributed by atoms with van der Waals surface area (Å²) in [5, 5.41) is 5.14. The number of aromatic nitrogens is 1. The summed E-state index contributed by atoms with van der Waals surface area (Å²) in [4.78, 5) is 3.96. The van der Waals surface area contributed by atoms with Crippen molar-refractivity contribution in [3.63, 3.8) is 0 Å². The minimum absolute atomic E-state index is 0.244. The fraction of sp³-hybridized carbons (Fsp3) is 0.357. The monoisotopic (exact) mass is 325 g/mol. The first-order valence-corrected chi connectivity index (χ1v) is 9.03. The number of hydrogen-bond donors (Lipinski definition) is 2. The summed E-state index contributed by atoms with van der Waals surface area (Å²) >= 11 is 1.24. The second-order valence-electron chi connectivity index (χ2n) is 5.00. The third-order valence-electron chi connectivity index (χ3n) is 2.80. The molecule has 114 valence electrons. The van der Waals surface area contributed by atoms with Gasteiger partial charge in [-0.2, -0.15) is 0 Å². The third-order valence-corrected chi connectivity index (χ3v) is 5.69. The van der Waals surface area contributed by atoms with Crippen molar-refractivity contribution in [1.29, 1.82) is 0 Å². The molecule has 0 amide bonds. The maximum Gasteiger partial charge on any atom is 0.250 e. The summed E-state index contributed by atoms with van der Waals surface area (Å²) in [7, 11) is -3.46. The molecule has 0 atom stereocenters. The van der Waals surface area contributed by atoms with E-state index in [1.54, 1.807) is 24.5 Å². The van der Waals surface area contributed by atoms with Crippen molar-refractivity contribution >= 4 is 21.4 Å². The van der Waals surface area contributed by atoms with E-state index in [9.17, 15) is 8.42 Å². The van der Waals surface area contributed by atoms with Gasteiger partial charge in [-0.3, -0.25) is 4.98 Å². The number of rotatable bonds is 7. The highest BCUT2D eigenvalue weighted by Crippen LogP contribution is 2.20. The first-order valence-electron chi connectivity index (χ1n) is 6.67. The van der Waals surface area contributed by atoms with Crippen LogP contribution in [0.15, 0.2) is 40.2 Å². The second-order valence-corrected chi connectivity index (χ2v) is 7.90. The smallest absolute Gasteiger partial charge is 0.250 e. The molecular weight excluding hydrogens is 306 g/mol. The molecule has 0 aliphatic carbocycles. The van der Waals surface area contributed by atoms with Crippen LogP contribution in [0.3, 0.4) is 0 Å². The lowest BCUT2D eigenvalue weighted by atomic mass is 10.3. The average Bonchev–Trinajstić information content (AvgIpc) is 2.94. The van der Waals surface area contributed by atoms with E-state index in [-0.39, 0.29) is 6.54 Å². The highest BCUT2D eigenvalue weighted by atomic mass is 32.2. The summed E-state index contributed by atoms with van der Waals surface area (Å²) in [6, 6.07) is 5.70. The van der Waals surface area contributed by atoms with Crippen molar-refractivity contribution in [1.82, 2.24) is 15.0 Å². The average molecular weight is 325 g/mol. The molecule has 21 heavy (non-hydrogen) atoms. The third kappa shape index (κ3) is 4.89. The van der Waals surface area contributed by atoms with Gasteiger partial charge in [0.2, 0.25) is 10.0 Å². The van der Waals surface area contributed by atoms with Gasteiger partial charge >= 0.3 is 0 Å². The molecule has 0 fully saturated rings. The molecule has 0 aliphatic heterocycles. The van der Waals surface area contributed by atoms with Crippen LogP contribution in [-0.2, 0) is 23.1 Å². The Morgan fingerprint density at radius 2 is 2.10 bits per heavy atom. The Morgan fingerprint density at radius 3 is 2.76 bits per heavy atom. The van der Waals surface area contributed by atoms with Crippen LogP contribution in [0, 0.1) is 0 Å². The van der Waals surface area contributed by atoms with Crippen LogP contribution in [0.4, 0.5) is 0 Å². The van der Waals surface area contributed by atoms with Gasteiger partial charge in [0.1, 0.15) is 4.21 Å². The molecule has 0 aliphatic rings. The predicted molar refractivity (Wildman–Crippen MR) is 84.6 cm³/mol. The van der Waals surface area contributed by atoms with Crippen LogP contribution in [0.5, 0.6) is 0 Å². The predicted octanol–water partition coefficient (Wildman–Crippen LogP) is 2.12. The molecular formula is C14H19N3O2S2. The van der Waals surface area contributed by atoms with Crippen molar-refractivity contribution in [3.05, 3.63) is 47.1 Å². The minimum Gasteiger partial charge on any atom is -0.310 e. The van der Waals surface area contributed by atoms with E-state index >= 15 is 0 Å². The minimum atomic E-state index is -3.46. The molecule has 2 aromatic heterocycles. The molecule has 2 N–H and O–H groups in total. The summed E-state index contributed by atoms with van der Waals surface area (Å²) in [5.74, 6) is 0. The summed E-state index contributed by atoms with van der Waals surface area (Å²) < 4.78 is 27.4. The summed E-state index contributed by atoms with van der Waals surface area (Å²) in [6.45, 7) is 5.03. The van der Waals surface area contributed by atoms with Crippen LogP contribution < -0.4 is 10.0 Å². The lowest BCUT2D eigenvalue weighted by Crippen LogP contribution is -2.23. The molecule has 0 aromatic carbocycles. The molecule has 0 unspecified atom stereocenters. The van der Waals surface area contributed by atoms with E-state index in [0.717, 1.165) is 11.1 Å². The standard InChI is InChI=1S/C14H19N3O2S2/c1-11(2)16-8-13-6-14(20-10-13)21(18,19)17-9-12-4-3-5-15-7-12/h3-7,10-11,16-17H,8-9H2,1-2H3. The van der Waals surface area contributed by atoms with Crippen LogP contribution in [0.1, 0.15) is 25.0 Å². The van der Waals surface area contributed by atoms with Gasteiger partial charge in [0.15, 0.2) is 0 Å². The van der Waals surface area contributed by atoms with E-state index in [1.165, 1.54) is 11.3 Å². The molecule has 0 saturated carbocycles. The second kappa shape index (κ2) is 7.13. The van der Waals surface area contributed by atoms with E-state index in [4.69, 9.17) is 0 Å². The fourth-order valence-corrected chi connectivity index (χ4v) is 3.93.